The van der Waals surface area contributed by atoms with Crippen LogP contribution < -0.4 is 0 Å². The molecule has 0 fully saturated rings. The number of rotatable bonds is 6. The maximum atomic E-state index is 11.2. The quantitative estimate of drug-likeness (QED) is 0.716. The molecule has 3 heteroatoms. The van der Waals surface area contributed by atoms with Crippen molar-refractivity contribution in [3.8, 4) is 0 Å². The second kappa shape index (κ2) is 6.30. The lowest BCUT2D eigenvalue weighted by Crippen LogP contribution is -2.21. The first kappa shape index (κ1) is 11.9. The number of hydrogen-bond acceptors (Lipinski definition) is 3. The molecule has 0 aliphatic rings. The van der Waals surface area contributed by atoms with Crippen molar-refractivity contribution in [3.05, 3.63) is 30.1 Å². The van der Waals surface area contributed by atoms with Crippen LogP contribution in [0.15, 0.2) is 24.4 Å². The number of nitrogens with zero attached hydrogens (tertiary/aromatic N) is 1. The Bertz CT molecular complexity index is 298. The summed E-state index contributed by atoms with van der Waals surface area (Å²) < 4.78 is 5.41. The SMILES string of the molecule is CCC(=O)C(C)OCCc1ccccn1. The zero-order valence-electron chi connectivity index (χ0n) is 9.27. The first-order valence-electron chi connectivity index (χ1n) is 5.28. The molecular weight excluding hydrogens is 190 g/mol. The summed E-state index contributed by atoms with van der Waals surface area (Å²) in [6.07, 6.45) is 2.75. The molecule has 0 bridgehead atoms. The summed E-state index contributed by atoms with van der Waals surface area (Å²) in [7, 11) is 0. The Hall–Kier alpha value is -1.22. The predicted molar refractivity (Wildman–Crippen MR) is 58.7 cm³/mol. The average Bonchev–Trinajstić information content (AvgIpc) is 2.29. The van der Waals surface area contributed by atoms with Gasteiger partial charge in [0, 0.05) is 24.7 Å². The number of Topliss-reactive ketones (excluding diaryl/α,β-unsaturated/α-hetero) is 1. The van der Waals surface area contributed by atoms with E-state index in [1.165, 1.54) is 0 Å². The molecule has 1 unspecified atom stereocenters. The minimum atomic E-state index is -0.293. The van der Waals surface area contributed by atoms with Crippen molar-refractivity contribution in [1.29, 1.82) is 0 Å². The molecule has 0 aliphatic carbocycles. The van der Waals surface area contributed by atoms with E-state index < -0.39 is 0 Å². The fourth-order valence-corrected chi connectivity index (χ4v) is 1.27. The average molecular weight is 207 g/mol. The third-order valence-corrected chi connectivity index (χ3v) is 2.25. The molecule has 0 aliphatic heterocycles. The van der Waals surface area contributed by atoms with E-state index in [0.717, 1.165) is 12.1 Å². The van der Waals surface area contributed by atoms with E-state index in [2.05, 4.69) is 4.98 Å². The van der Waals surface area contributed by atoms with Crippen molar-refractivity contribution in [2.45, 2.75) is 32.8 Å². The lowest BCUT2D eigenvalue weighted by atomic mass is 10.2. The van der Waals surface area contributed by atoms with Crippen LogP contribution in [0.5, 0.6) is 0 Å². The monoisotopic (exact) mass is 207 g/mol. The molecule has 0 amide bonds. The van der Waals surface area contributed by atoms with Gasteiger partial charge in [-0.15, -0.1) is 0 Å². The molecule has 82 valence electrons. The number of ether oxygens (including phenoxy) is 1. The van der Waals surface area contributed by atoms with Gasteiger partial charge < -0.3 is 4.74 Å². The summed E-state index contributed by atoms with van der Waals surface area (Å²) in [4.78, 5) is 15.4. The summed E-state index contributed by atoms with van der Waals surface area (Å²) in [6, 6.07) is 5.78. The minimum Gasteiger partial charge on any atom is -0.370 e. The Morgan fingerprint density at radius 1 is 1.53 bits per heavy atom. The highest BCUT2D eigenvalue weighted by Crippen LogP contribution is 2.00. The zero-order chi connectivity index (χ0) is 11.1. The molecular formula is C12H17NO2. The van der Waals surface area contributed by atoms with E-state index in [4.69, 9.17) is 4.74 Å². The number of hydrogen-bond donors (Lipinski definition) is 0. The van der Waals surface area contributed by atoms with E-state index >= 15 is 0 Å². The smallest absolute Gasteiger partial charge is 0.160 e. The van der Waals surface area contributed by atoms with Crippen molar-refractivity contribution < 1.29 is 9.53 Å². The van der Waals surface area contributed by atoms with E-state index in [1.807, 2.05) is 25.1 Å². The third-order valence-electron chi connectivity index (χ3n) is 2.25. The van der Waals surface area contributed by atoms with Crippen molar-refractivity contribution in [2.24, 2.45) is 0 Å². The molecule has 1 atom stereocenters. The summed E-state index contributed by atoms with van der Waals surface area (Å²) in [5, 5.41) is 0. The second-order valence-electron chi connectivity index (χ2n) is 3.40. The Balaban J connectivity index is 2.25. The third kappa shape index (κ3) is 4.21. The molecule has 3 nitrogen and oxygen atoms in total. The van der Waals surface area contributed by atoms with Crippen LogP contribution in [-0.4, -0.2) is 23.5 Å². The van der Waals surface area contributed by atoms with Gasteiger partial charge in [-0.25, -0.2) is 0 Å². The summed E-state index contributed by atoms with van der Waals surface area (Å²) >= 11 is 0. The Morgan fingerprint density at radius 3 is 2.93 bits per heavy atom. The Labute approximate surface area is 90.5 Å². The van der Waals surface area contributed by atoms with E-state index in [9.17, 15) is 4.79 Å². The first-order chi connectivity index (χ1) is 7.24. The normalized spacial score (nSPS) is 12.4. The van der Waals surface area contributed by atoms with Gasteiger partial charge in [-0.1, -0.05) is 13.0 Å². The molecule has 1 rings (SSSR count). The maximum Gasteiger partial charge on any atom is 0.160 e. The van der Waals surface area contributed by atoms with Crippen LogP contribution in [-0.2, 0) is 16.0 Å². The molecule has 0 spiro atoms. The van der Waals surface area contributed by atoms with Crippen molar-refractivity contribution in [3.63, 3.8) is 0 Å². The summed E-state index contributed by atoms with van der Waals surface area (Å²) in [5.74, 6) is 0.149. The number of carbonyl (C=O) groups excluding carboxylic acids is 1. The number of aromatic nitrogens is 1. The van der Waals surface area contributed by atoms with Gasteiger partial charge in [-0.05, 0) is 19.1 Å². The van der Waals surface area contributed by atoms with E-state index in [-0.39, 0.29) is 11.9 Å². The van der Waals surface area contributed by atoms with Crippen LogP contribution in [0.1, 0.15) is 26.0 Å². The van der Waals surface area contributed by atoms with Crippen LogP contribution in [0.3, 0.4) is 0 Å². The molecule has 0 saturated heterocycles. The summed E-state index contributed by atoms with van der Waals surface area (Å²) in [5.41, 5.74) is 0.994. The van der Waals surface area contributed by atoms with Crippen LogP contribution in [0.4, 0.5) is 0 Å². The van der Waals surface area contributed by atoms with Crippen molar-refractivity contribution in [1.82, 2.24) is 4.98 Å². The van der Waals surface area contributed by atoms with Crippen LogP contribution in [0.2, 0.25) is 0 Å². The first-order valence-corrected chi connectivity index (χ1v) is 5.28. The largest absolute Gasteiger partial charge is 0.370 e. The molecule has 0 aromatic carbocycles. The van der Waals surface area contributed by atoms with Gasteiger partial charge in [0.15, 0.2) is 5.78 Å². The second-order valence-corrected chi connectivity index (χ2v) is 3.40. The van der Waals surface area contributed by atoms with Gasteiger partial charge in [0.05, 0.1) is 6.61 Å². The Kier molecular flexibility index (Phi) is 4.98. The Morgan fingerprint density at radius 2 is 2.33 bits per heavy atom. The fourth-order valence-electron chi connectivity index (χ4n) is 1.27. The standard InChI is InChI=1S/C12H17NO2/c1-3-12(14)10(2)15-9-7-11-6-4-5-8-13-11/h4-6,8,10H,3,7,9H2,1-2H3. The van der Waals surface area contributed by atoms with Crippen LogP contribution in [0, 0.1) is 0 Å². The van der Waals surface area contributed by atoms with Crippen LogP contribution in [0.25, 0.3) is 0 Å². The van der Waals surface area contributed by atoms with Gasteiger partial charge >= 0.3 is 0 Å². The van der Waals surface area contributed by atoms with Gasteiger partial charge in [0.1, 0.15) is 6.10 Å². The van der Waals surface area contributed by atoms with Crippen molar-refractivity contribution in [2.75, 3.05) is 6.61 Å². The lowest BCUT2D eigenvalue weighted by molar-refractivity contribution is -0.129. The fraction of sp³-hybridized carbons (Fsp3) is 0.500. The minimum absolute atomic E-state index is 0.149. The van der Waals surface area contributed by atoms with Gasteiger partial charge in [0.2, 0.25) is 0 Å². The van der Waals surface area contributed by atoms with Gasteiger partial charge in [-0.2, -0.15) is 0 Å². The molecule has 0 radical (unpaired) electrons. The highest BCUT2D eigenvalue weighted by atomic mass is 16.5. The van der Waals surface area contributed by atoms with Gasteiger partial charge in [0.25, 0.3) is 0 Å². The molecule has 1 aromatic rings. The van der Waals surface area contributed by atoms with E-state index in [1.54, 1.807) is 13.1 Å². The number of pyridine rings is 1. The highest BCUT2D eigenvalue weighted by Gasteiger charge is 2.10. The number of carbonyl (C=O) groups is 1. The van der Waals surface area contributed by atoms with Crippen molar-refractivity contribution >= 4 is 5.78 Å². The number of ketones is 1. The molecule has 1 aromatic heterocycles. The van der Waals surface area contributed by atoms with Gasteiger partial charge in [-0.3, -0.25) is 9.78 Å². The lowest BCUT2D eigenvalue weighted by Gasteiger charge is -2.10. The molecule has 15 heavy (non-hydrogen) atoms. The van der Waals surface area contributed by atoms with Crippen LogP contribution >= 0.6 is 0 Å². The summed E-state index contributed by atoms with van der Waals surface area (Å²) in [6.45, 7) is 4.19. The van der Waals surface area contributed by atoms with E-state index in [0.29, 0.717) is 13.0 Å². The zero-order valence-corrected chi connectivity index (χ0v) is 9.27. The molecule has 0 N–H and O–H groups in total. The molecule has 0 saturated carbocycles. The topological polar surface area (TPSA) is 39.2 Å². The highest BCUT2D eigenvalue weighted by molar-refractivity contribution is 5.82. The molecule has 1 heterocycles. The maximum absolute atomic E-state index is 11.2. The predicted octanol–water partition coefficient (Wildman–Crippen LogP) is 2.01.